The molecule has 0 fully saturated rings. The molecule has 0 saturated heterocycles. The highest BCUT2D eigenvalue weighted by Gasteiger charge is 2.47. The highest BCUT2D eigenvalue weighted by atomic mass is 19.4. The second-order valence-corrected chi connectivity index (χ2v) is 6.80. The summed E-state index contributed by atoms with van der Waals surface area (Å²) in [6, 6.07) is 8.21. The lowest BCUT2D eigenvalue weighted by Gasteiger charge is -2.41. The van der Waals surface area contributed by atoms with Crippen molar-refractivity contribution in [1.82, 2.24) is 4.90 Å². The van der Waals surface area contributed by atoms with Crippen LogP contribution >= 0.6 is 0 Å². The summed E-state index contributed by atoms with van der Waals surface area (Å²) in [5.74, 6) is -2.11. The molecule has 0 bridgehead atoms. The first kappa shape index (κ1) is 19.9. The zero-order valence-corrected chi connectivity index (χ0v) is 15.1. The maximum absolute atomic E-state index is 13.6. The van der Waals surface area contributed by atoms with Crippen molar-refractivity contribution in [3.63, 3.8) is 0 Å². The molecule has 2 aromatic carbocycles. The van der Waals surface area contributed by atoms with Crippen molar-refractivity contribution in [2.75, 3.05) is 7.05 Å². The Kier molecular flexibility index (Phi) is 4.73. The van der Waals surface area contributed by atoms with Crippen LogP contribution in [0.2, 0.25) is 0 Å². The van der Waals surface area contributed by atoms with Gasteiger partial charge in [0.05, 0.1) is 11.5 Å². The van der Waals surface area contributed by atoms with E-state index in [0.717, 1.165) is 23.1 Å². The average molecular weight is 389 g/mol. The molecule has 0 saturated carbocycles. The topological polar surface area (TPSA) is 58.7 Å². The van der Waals surface area contributed by atoms with E-state index in [0.29, 0.717) is 11.1 Å². The number of alkyl halides is 3. The van der Waals surface area contributed by atoms with E-state index in [1.54, 1.807) is 6.92 Å². The summed E-state index contributed by atoms with van der Waals surface area (Å²) in [5.41, 5.74) is 4.37. The second-order valence-electron chi connectivity index (χ2n) is 6.80. The third-order valence-corrected chi connectivity index (χ3v) is 4.98. The van der Waals surface area contributed by atoms with Gasteiger partial charge in [0.15, 0.2) is 5.96 Å². The minimum Gasteiger partial charge on any atom is -0.369 e. The van der Waals surface area contributed by atoms with Gasteiger partial charge in [-0.1, -0.05) is 29.7 Å². The molecule has 1 heterocycles. The largest absolute Gasteiger partial charge is 0.416 e. The lowest BCUT2D eigenvalue weighted by molar-refractivity contribution is -0.137. The standard InChI is InChI=1S/C19H16BF4N3O/c1-18(12-7-8-14(21)13(20)9-12)15(16(28)27(2)17(25)26-18)10-3-5-11(6-4-10)19(22,23)24/h3-9,15H,1-2H3,(H2,25,26)/t15-,18+/m0/s1. The first-order chi connectivity index (χ1) is 12.9. The number of benzene rings is 2. The van der Waals surface area contributed by atoms with Crippen molar-refractivity contribution >= 4 is 25.2 Å². The summed E-state index contributed by atoms with van der Waals surface area (Å²) in [7, 11) is 7.09. The smallest absolute Gasteiger partial charge is 0.369 e. The molecule has 2 atom stereocenters. The number of likely N-dealkylation sites (N-methyl/N-ethyl adjacent to an activating group) is 1. The maximum atomic E-state index is 13.6. The Morgan fingerprint density at radius 3 is 2.32 bits per heavy atom. The molecule has 2 aromatic rings. The van der Waals surface area contributed by atoms with Gasteiger partial charge >= 0.3 is 6.18 Å². The van der Waals surface area contributed by atoms with Crippen molar-refractivity contribution in [2.24, 2.45) is 10.7 Å². The highest BCUT2D eigenvalue weighted by molar-refractivity contribution is 6.32. The van der Waals surface area contributed by atoms with E-state index in [-0.39, 0.29) is 11.4 Å². The number of nitrogens with zero attached hydrogens (tertiary/aromatic N) is 2. The number of rotatable bonds is 2. The quantitative estimate of drug-likeness (QED) is 0.634. The lowest BCUT2D eigenvalue weighted by atomic mass is 9.73. The number of hydrogen-bond donors (Lipinski definition) is 1. The van der Waals surface area contributed by atoms with Crippen molar-refractivity contribution in [3.05, 3.63) is 65.0 Å². The number of amides is 1. The molecular formula is C19H16BF4N3O. The molecule has 0 aliphatic carbocycles. The van der Waals surface area contributed by atoms with Crippen molar-refractivity contribution in [3.8, 4) is 0 Å². The highest BCUT2D eigenvalue weighted by Crippen LogP contribution is 2.44. The number of guanidine groups is 1. The number of hydrogen-bond acceptors (Lipinski definition) is 3. The van der Waals surface area contributed by atoms with Crippen LogP contribution in [0.5, 0.6) is 0 Å². The molecule has 0 spiro atoms. The molecular weight excluding hydrogens is 373 g/mol. The molecule has 1 amide bonds. The number of aliphatic imine (C=N–C) groups is 1. The molecule has 4 nitrogen and oxygen atoms in total. The Hall–Kier alpha value is -2.84. The normalized spacial score (nSPS) is 22.9. The maximum Gasteiger partial charge on any atom is 0.416 e. The Balaban J connectivity index is 2.17. The average Bonchev–Trinajstić information content (AvgIpc) is 2.62. The Bertz CT molecular complexity index is 959. The summed E-state index contributed by atoms with van der Waals surface area (Å²) in [6.45, 7) is 1.61. The lowest BCUT2D eigenvalue weighted by Crippen LogP contribution is -2.52. The van der Waals surface area contributed by atoms with E-state index in [1.165, 1.54) is 31.3 Å². The van der Waals surface area contributed by atoms with Gasteiger partial charge in [0.1, 0.15) is 19.2 Å². The van der Waals surface area contributed by atoms with Crippen LogP contribution < -0.4 is 11.2 Å². The minimum atomic E-state index is -4.50. The number of carbonyl (C=O) groups is 1. The molecule has 0 unspecified atom stereocenters. The second kappa shape index (κ2) is 6.65. The fourth-order valence-corrected chi connectivity index (χ4v) is 3.35. The predicted octanol–water partition coefficient (Wildman–Crippen LogP) is 2.42. The van der Waals surface area contributed by atoms with Gasteiger partial charge in [0.25, 0.3) is 0 Å². The van der Waals surface area contributed by atoms with Crippen LogP contribution in [0.1, 0.15) is 29.5 Å². The van der Waals surface area contributed by atoms with E-state index < -0.39 is 34.9 Å². The van der Waals surface area contributed by atoms with E-state index in [1.807, 2.05) is 0 Å². The molecule has 9 heteroatoms. The van der Waals surface area contributed by atoms with Gasteiger partial charge in [-0.3, -0.25) is 9.69 Å². The number of halogens is 4. The van der Waals surface area contributed by atoms with E-state index in [4.69, 9.17) is 13.6 Å². The number of nitrogens with two attached hydrogens (primary N) is 1. The van der Waals surface area contributed by atoms with Gasteiger partial charge < -0.3 is 5.73 Å². The zero-order chi connectivity index (χ0) is 20.9. The first-order valence-corrected chi connectivity index (χ1v) is 8.30. The van der Waals surface area contributed by atoms with Gasteiger partial charge in [-0.2, -0.15) is 13.2 Å². The van der Waals surface area contributed by atoms with Gasteiger partial charge in [-0.05, 0) is 36.2 Å². The van der Waals surface area contributed by atoms with Crippen molar-refractivity contribution in [2.45, 2.75) is 24.6 Å². The first-order valence-electron chi connectivity index (χ1n) is 8.30. The molecule has 0 aromatic heterocycles. The van der Waals surface area contributed by atoms with Crippen LogP contribution in [-0.4, -0.2) is 31.7 Å². The van der Waals surface area contributed by atoms with E-state index in [9.17, 15) is 22.4 Å². The van der Waals surface area contributed by atoms with Crippen LogP contribution in [0.15, 0.2) is 47.5 Å². The monoisotopic (exact) mass is 389 g/mol. The van der Waals surface area contributed by atoms with Crippen molar-refractivity contribution in [1.29, 1.82) is 0 Å². The molecule has 28 heavy (non-hydrogen) atoms. The molecule has 1 aliphatic heterocycles. The summed E-state index contributed by atoms with van der Waals surface area (Å²) in [4.78, 5) is 18.5. The van der Waals surface area contributed by atoms with E-state index in [2.05, 4.69) is 4.99 Å². The van der Waals surface area contributed by atoms with Gasteiger partial charge in [0, 0.05) is 7.05 Å². The van der Waals surface area contributed by atoms with E-state index >= 15 is 0 Å². The van der Waals surface area contributed by atoms with Gasteiger partial charge in [0.2, 0.25) is 5.91 Å². The molecule has 144 valence electrons. The minimum absolute atomic E-state index is 0.0569. The Morgan fingerprint density at radius 1 is 1.18 bits per heavy atom. The zero-order valence-electron chi connectivity index (χ0n) is 15.1. The van der Waals surface area contributed by atoms with Crippen LogP contribution in [0.25, 0.3) is 0 Å². The SMILES string of the molecule is [B]c1cc([C@@]2(C)N=C(N)N(C)C(=O)[C@@H]2c2ccc(C(F)(F)F)cc2)ccc1F. The van der Waals surface area contributed by atoms with Gasteiger partial charge in [-0.15, -0.1) is 0 Å². The Labute approximate surface area is 160 Å². The fraction of sp³-hybridized carbons (Fsp3) is 0.263. The predicted molar refractivity (Wildman–Crippen MR) is 97.7 cm³/mol. The Morgan fingerprint density at radius 2 is 1.79 bits per heavy atom. The summed E-state index contributed by atoms with van der Waals surface area (Å²) in [6.07, 6.45) is -4.50. The summed E-state index contributed by atoms with van der Waals surface area (Å²) < 4.78 is 52.3. The number of carbonyl (C=O) groups excluding carboxylic acids is 1. The van der Waals surface area contributed by atoms with Gasteiger partial charge in [-0.25, -0.2) is 9.38 Å². The fourth-order valence-electron chi connectivity index (χ4n) is 3.35. The third-order valence-electron chi connectivity index (χ3n) is 4.98. The summed E-state index contributed by atoms with van der Waals surface area (Å²) in [5, 5.41) is 0. The molecule has 2 N–H and O–H groups in total. The third kappa shape index (κ3) is 3.25. The van der Waals surface area contributed by atoms with Crippen LogP contribution in [-0.2, 0) is 16.5 Å². The molecule has 1 aliphatic rings. The molecule has 3 rings (SSSR count). The molecule has 2 radical (unpaired) electrons. The van der Waals surface area contributed by atoms with Crippen LogP contribution in [0.4, 0.5) is 17.6 Å². The van der Waals surface area contributed by atoms with Crippen LogP contribution in [0, 0.1) is 5.82 Å². The van der Waals surface area contributed by atoms with Crippen molar-refractivity contribution < 1.29 is 22.4 Å². The van der Waals surface area contributed by atoms with Crippen LogP contribution in [0.3, 0.4) is 0 Å². The summed E-state index contributed by atoms with van der Waals surface area (Å²) >= 11 is 0.